The van der Waals surface area contributed by atoms with Crippen LogP contribution in [0.4, 0.5) is 13.2 Å². The summed E-state index contributed by atoms with van der Waals surface area (Å²) in [6.45, 7) is 0.855. The summed E-state index contributed by atoms with van der Waals surface area (Å²) in [7, 11) is 0. The molecule has 9 heteroatoms. The molecule has 1 aromatic rings. The molecule has 1 aliphatic rings. The second kappa shape index (κ2) is 6.76. The van der Waals surface area contributed by atoms with Crippen LogP contribution in [0.1, 0.15) is 35.4 Å². The Balaban J connectivity index is 0.000000218. The first-order chi connectivity index (χ1) is 8.80. The van der Waals surface area contributed by atoms with Gasteiger partial charge in [-0.3, -0.25) is 5.10 Å². The van der Waals surface area contributed by atoms with Crippen LogP contribution in [0.15, 0.2) is 6.07 Å². The number of carboxylic acids is 1. The van der Waals surface area contributed by atoms with Crippen LogP contribution in [0.2, 0.25) is 0 Å². The molecule has 2 N–H and O–H groups in total. The Hall–Kier alpha value is -1.28. The van der Waals surface area contributed by atoms with Crippen LogP contribution in [0.25, 0.3) is 0 Å². The summed E-state index contributed by atoms with van der Waals surface area (Å²) >= 11 is 5.59. The van der Waals surface area contributed by atoms with E-state index in [1.54, 1.807) is 5.10 Å². The van der Waals surface area contributed by atoms with E-state index in [0.717, 1.165) is 13.0 Å². The van der Waals surface area contributed by atoms with Gasteiger partial charge >= 0.3 is 12.1 Å². The molecule has 1 fully saturated rings. The fourth-order valence-corrected chi connectivity index (χ4v) is 1.52. The van der Waals surface area contributed by atoms with E-state index >= 15 is 0 Å². The molecule has 0 saturated carbocycles. The van der Waals surface area contributed by atoms with E-state index in [-0.39, 0.29) is 5.56 Å². The first kappa shape index (κ1) is 15.8. The molecule has 1 unspecified atom stereocenters. The molecule has 0 radical (unpaired) electrons. The average Bonchev–Trinajstić information content (AvgIpc) is 2.79. The summed E-state index contributed by atoms with van der Waals surface area (Å²) in [6.07, 6.45) is -1.14. The molecule has 0 aromatic carbocycles. The van der Waals surface area contributed by atoms with Crippen LogP contribution in [0.5, 0.6) is 0 Å². The Kier molecular flexibility index (Phi) is 5.61. The predicted octanol–water partition coefficient (Wildman–Crippen LogP) is 2.88. The van der Waals surface area contributed by atoms with Gasteiger partial charge in [-0.2, -0.15) is 18.3 Å². The molecular formula is C10H12ClF3N2O3. The van der Waals surface area contributed by atoms with Crippen molar-refractivity contribution in [1.29, 1.82) is 0 Å². The highest BCUT2D eigenvalue weighted by atomic mass is 35.5. The van der Waals surface area contributed by atoms with Gasteiger partial charge in [0.05, 0.1) is 0 Å². The van der Waals surface area contributed by atoms with Gasteiger partial charge in [-0.1, -0.05) is 11.6 Å². The minimum absolute atomic E-state index is 0.00810. The van der Waals surface area contributed by atoms with E-state index in [2.05, 4.69) is 5.10 Å². The highest BCUT2D eigenvalue weighted by Crippen LogP contribution is 2.27. The van der Waals surface area contributed by atoms with Crippen molar-refractivity contribution in [2.45, 2.75) is 31.0 Å². The van der Waals surface area contributed by atoms with E-state index < -0.39 is 23.5 Å². The Labute approximate surface area is 111 Å². The largest absolute Gasteiger partial charge is 0.476 e. The lowest BCUT2D eigenvalue weighted by Crippen LogP contribution is -2.11. The Bertz CT molecular complexity index is 416. The molecule has 0 aliphatic carbocycles. The molecule has 0 bridgehead atoms. The van der Waals surface area contributed by atoms with Crippen molar-refractivity contribution in [3.63, 3.8) is 0 Å². The maximum absolute atomic E-state index is 11.8. The van der Waals surface area contributed by atoms with E-state index in [4.69, 9.17) is 21.4 Å². The normalized spacial score (nSPS) is 19.5. The number of H-pyrrole nitrogens is 1. The summed E-state index contributed by atoms with van der Waals surface area (Å²) < 4.78 is 40.4. The lowest BCUT2D eigenvalue weighted by molar-refractivity contribution is -0.141. The highest BCUT2D eigenvalue weighted by Gasteiger charge is 2.33. The SMILES string of the molecule is ClC1CCCCO1.O=C(O)c1cc(C(F)(F)F)[nH]n1. The Morgan fingerprint density at radius 1 is 1.53 bits per heavy atom. The second-order valence-electron chi connectivity index (χ2n) is 3.75. The second-order valence-corrected chi connectivity index (χ2v) is 4.23. The fourth-order valence-electron chi connectivity index (χ4n) is 1.28. The van der Waals surface area contributed by atoms with Crippen molar-refractivity contribution in [1.82, 2.24) is 10.2 Å². The average molecular weight is 301 g/mol. The zero-order chi connectivity index (χ0) is 14.5. The minimum atomic E-state index is -4.58. The molecule has 2 heterocycles. The minimum Gasteiger partial charge on any atom is -0.476 e. The molecule has 19 heavy (non-hydrogen) atoms. The van der Waals surface area contributed by atoms with Crippen molar-refractivity contribution >= 4 is 17.6 Å². The molecule has 1 aromatic heterocycles. The van der Waals surface area contributed by atoms with Crippen LogP contribution in [0.3, 0.4) is 0 Å². The molecular weight excluding hydrogens is 289 g/mol. The number of alkyl halides is 4. The van der Waals surface area contributed by atoms with Gasteiger partial charge in [-0.25, -0.2) is 4.79 Å². The zero-order valence-electron chi connectivity index (χ0n) is 9.71. The number of halogens is 4. The van der Waals surface area contributed by atoms with E-state index in [0.29, 0.717) is 6.07 Å². The van der Waals surface area contributed by atoms with Gasteiger partial charge in [-0.05, 0) is 19.3 Å². The molecule has 0 spiro atoms. The molecule has 0 amide bonds. The van der Waals surface area contributed by atoms with Crippen molar-refractivity contribution in [2.24, 2.45) is 0 Å². The van der Waals surface area contributed by atoms with Crippen LogP contribution >= 0.6 is 11.6 Å². The van der Waals surface area contributed by atoms with Gasteiger partial charge in [0, 0.05) is 12.7 Å². The summed E-state index contributed by atoms with van der Waals surface area (Å²) in [4.78, 5) is 10.1. The van der Waals surface area contributed by atoms with Gasteiger partial charge in [-0.15, -0.1) is 0 Å². The molecule has 1 saturated heterocycles. The fraction of sp³-hybridized carbons (Fsp3) is 0.600. The number of nitrogens with zero attached hydrogens (tertiary/aromatic N) is 1. The van der Waals surface area contributed by atoms with Crippen molar-refractivity contribution in [3.8, 4) is 0 Å². The highest BCUT2D eigenvalue weighted by molar-refractivity contribution is 6.19. The maximum Gasteiger partial charge on any atom is 0.432 e. The van der Waals surface area contributed by atoms with Gasteiger partial charge in [0.15, 0.2) is 5.69 Å². The molecule has 5 nitrogen and oxygen atoms in total. The third-order valence-corrected chi connectivity index (χ3v) is 2.57. The molecule has 1 atom stereocenters. The predicted molar refractivity (Wildman–Crippen MR) is 60.0 cm³/mol. The van der Waals surface area contributed by atoms with E-state index in [1.165, 1.54) is 12.8 Å². The number of carbonyl (C=O) groups is 1. The van der Waals surface area contributed by atoms with Crippen LogP contribution in [0, 0.1) is 0 Å². The smallest absolute Gasteiger partial charge is 0.432 e. The van der Waals surface area contributed by atoms with Gasteiger partial charge < -0.3 is 9.84 Å². The monoisotopic (exact) mass is 300 g/mol. The number of aromatic nitrogens is 2. The van der Waals surface area contributed by atoms with Crippen molar-refractivity contribution in [2.75, 3.05) is 6.61 Å². The first-order valence-corrected chi connectivity index (χ1v) is 5.86. The summed E-state index contributed by atoms with van der Waals surface area (Å²) in [5.74, 6) is -1.50. The molecule has 1 aliphatic heterocycles. The van der Waals surface area contributed by atoms with Crippen molar-refractivity contribution < 1.29 is 27.8 Å². The third kappa shape index (κ3) is 5.48. The molecule has 108 valence electrons. The third-order valence-electron chi connectivity index (χ3n) is 2.23. The van der Waals surface area contributed by atoms with E-state index in [9.17, 15) is 18.0 Å². The van der Waals surface area contributed by atoms with Crippen LogP contribution < -0.4 is 0 Å². The number of ether oxygens (including phenoxy) is 1. The lowest BCUT2D eigenvalue weighted by Gasteiger charge is -2.15. The maximum atomic E-state index is 11.8. The topological polar surface area (TPSA) is 75.2 Å². The van der Waals surface area contributed by atoms with E-state index in [1.807, 2.05) is 0 Å². The number of hydrogen-bond donors (Lipinski definition) is 2. The standard InChI is InChI=1S/C5H9ClO.C5H3F3N2O2/c6-5-3-1-2-4-7-5;6-5(7,8)3-1-2(4(11)12)9-10-3/h5H,1-4H2;1H,(H,9,10)(H,11,12). The number of aromatic carboxylic acids is 1. The van der Waals surface area contributed by atoms with Gasteiger partial charge in [0.2, 0.25) is 0 Å². The van der Waals surface area contributed by atoms with Crippen LogP contribution in [-0.2, 0) is 10.9 Å². The first-order valence-electron chi connectivity index (χ1n) is 5.42. The summed E-state index contributed by atoms with van der Waals surface area (Å²) in [5, 5.41) is 12.7. The zero-order valence-corrected chi connectivity index (χ0v) is 10.5. The number of carboxylic acid groups (broad SMARTS) is 1. The van der Waals surface area contributed by atoms with Gasteiger partial charge in [0.1, 0.15) is 11.3 Å². The van der Waals surface area contributed by atoms with Crippen LogP contribution in [-0.4, -0.2) is 33.4 Å². The summed E-state index contributed by atoms with van der Waals surface area (Å²) in [5.41, 5.74) is -1.81. The Morgan fingerprint density at radius 3 is 2.47 bits per heavy atom. The number of rotatable bonds is 1. The number of nitrogens with one attached hydrogen (secondary N) is 1. The Morgan fingerprint density at radius 2 is 2.21 bits per heavy atom. The number of aromatic amines is 1. The quantitative estimate of drug-likeness (QED) is 0.782. The van der Waals surface area contributed by atoms with Gasteiger partial charge in [0.25, 0.3) is 0 Å². The van der Waals surface area contributed by atoms with Crippen molar-refractivity contribution in [3.05, 3.63) is 17.5 Å². The lowest BCUT2D eigenvalue weighted by atomic mass is 10.2. The number of hydrogen-bond acceptors (Lipinski definition) is 3. The molecule has 2 rings (SSSR count). The summed E-state index contributed by atoms with van der Waals surface area (Å²) in [6, 6.07) is 0.433.